The van der Waals surface area contributed by atoms with Crippen LogP contribution in [0, 0.1) is 12.7 Å². The van der Waals surface area contributed by atoms with Gasteiger partial charge in [-0.3, -0.25) is 4.79 Å². The van der Waals surface area contributed by atoms with E-state index >= 15 is 0 Å². The third-order valence-corrected chi connectivity index (χ3v) is 2.83. The molecule has 1 heterocycles. The third-order valence-electron chi connectivity index (χ3n) is 2.83. The summed E-state index contributed by atoms with van der Waals surface area (Å²) in [6.45, 7) is 5.77. The lowest BCUT2D eigenvalue weighted by molar-refractivity contribution is 0.102. The minimum atomic E-state index is -0.381. The molecule has 100 valence electrons. The predicted octanol–water partition coefficient (Wildman–Crippen LogP) is 3.23. The third kappa shape index (κ3) is 2.99. The average Bonchev–Trinajstić information content (AvgIpc) is 2.83. The van der Waals surface area contributed by atoms with Crippen molar-refractivity contribution in [2.24, 2.45) is 0 Å². The number of rotatable bonds is 3. The average molecular weight is 261 g/mol. The fourth-order valence-corrected chi connectivity index (χ4v) is 1.66. The van der Waals surface area contributed by atoms with E-state index in [1.165, 1.54) is 18.3 Å². The van der Waals surface area contributed by atoms with E-state index in [9.17, 15) is 9.18 Å². The lowest BCUT2D eigenvalue weighted by Gasteiger charge is -2.07. The smallest absolute Gasteiger partial charge is 0.273 e. The molecule has 2 rings (SSSR count). The number of carbonyl (C=O) groups is 1. The molecular formula is C14H16FN3O. The molecule has 0 saturated carbocycles. The molecule has 0 unspecified atom stereocenters. The molecule has 2 N–H and O–H groups in total. The predicted molar refractivity (Wildman–Crippen MR) is 71.8 cm³/mol. The maximum Gasteiger partial charge on any atom is 0.273 e. The summed E-state index contributed by atoms with van der Waals surface area (Å²) in [5.41, 5.74) is 1.64. The molecule has 5 heteroatoms. The van der Waals surface area contributed by atoms with E-state index in [1.54, 1.807) is 6.07 Å². The number of halogens is 1. The Bertz CT molecular complexity index is 604. The Kier molecular flexibility index (Phi) is 3.64. The van der Waals surface area contributed by atoms with Crippen LogP contribution < -0.4 is 5.32 Å². The summed E-state index contributed by atoms with van der Waals surface area (Å²) in [5.74, 6) is 0.264. The summed E-state index contributed by atoms with van der Waals surface area (Å²) in [4.78, 5) is 19.1. The first-order valence-corrected chi connectivity index (χ1v) is 6.09. The van der Waals surface area contributed by atoms with Crippen LogP contribution >= 0.6 is 0 Å². The van der Waals surface area contributed by atoms with Crippen molar-refractivity contribution in [3.05, 3.63) is 47.3 Å². The van der Waals surface area contributed by atoms with E-state index in [0.29, 0.717) is 11.4 Å². The summed E-state index contributed by atoms with van der Waals surface area (Å²) >= 11 is 0. The fraction of sp³-hybridized carbons (Fsp3) is 0.286. The highest BCUT2D eigenvalue weighted by molar-refractivity contribution is 6.03. The largest absolute Gasteiger partial charge is 0.338 e. The van der Waals surface area contributed by atoms with Crippen LogP contribution in [0.15, 0.2) is 24.4 Å². The van der Waals surface area contributed by atoms with Crippen LogP contribution in [0.25, 0.3) is 0 Å². The minimum absolute atomic E-state index is 0.220. The van der Waals surface area contributed by atoms with Crippen molar-refractivity contribution in [1.29, 1.82) is 0 Å². The van der Waals surface area contributed by atoms with Gasteiger partial charge < -0.3 is 10.3 Å². The second-order valence-electron chi connectivity index (χ2n) is 4.75. The van der Waals surface area contributed by atoms with Gasteiger partial charge in [0, 0.05) is 11.6 Å². The summed E-state index contributed by atoms with van der Waals surface area (Å²) in [5, 5.41) is 2.67. The van der Waals surface area contributed by atoms with Gasteiger partial charge in [0.1, 0.15) is 17.3 Å². The second kappa shape index (κ2) is 5.22. The number of nitrogens with zero attached hydrogens (tertiary/aromatic N) is 1. The number of hydrogen-bond donors (Lipinski definition) is 2. The Hall–Kier alpha value is -2.17. The summed E-state index contributed by atoms with van der Waals surface area (Å²) < 4.78 is 13.1. The first-order chi connectivity index (χ1) is 8.97. The maximum absolute atomic E-state index is 13.1. The number of imidazole rings is 1. The molecule has 0 spiro atoms. The Morgan fingerprint density at radius 3 is 2.79 bits per heavy atom. The molecule has 0 radical (unpaired) electrons. The van der Waals surface area contributed by atoms with Gasteiger partial charge >= 0.3 is 0 Å². The Labute approximate surface area is 111 Å². The Balaban J connectivity index is 2.18. The zero-order valence-electron chi connectivity index (χ0n) is 11.1. The Morgan fingerprint density at radius 1 is 1.42 bits per heavy atom. The number of benzene rings is 1. The quantitative estimate of drug-likeness (QED) is 0.891. The van der Waals surface area contributed by atoms with Gasteiger partial charge in [0.2, 0.25) is 0 Å². The lowest BCUT2D eigenvalue weighted by Crippen LogP contribution is -2.13. The monoisotopic (exact) mass is 261 g/mol. The first-order valence-electron chi connectivity index (χ1n) is 6.09. The van der Waals surface area contributed by atoms with Gasteiger partial charge in [-0.25, -0.2) is 9.37 Å². The molecular weight excluding hydrogens is 245 g/mol. The number of amides is 1. The van der Waals surface area contributed by atoms with Crippen LogP contribution in [0.3, 0.4) is 0 Å². The highest BCUT2D eigenvalue weighted by Gasteiger charge is 2.12. The molecule has 19 heavy (non-hydrogen) atoms. The van der Waals surface area contributed by atoms with Gasteiger partial charge in [0.25, 0.3) is 5.91 Å². The zero-order valence-corrected chi connectivity index (χ0v) is 11.1. The van der Waals surface area contributed by atoms with Crippen LogP contribution in [0.1, 0.15) is 41.6 Å². The van der Waals surface area contributed by atoms with Crippen molar-refractivity contribution >= 4 is 11.6 Å². The van der Waals surface area contributed by atoms with Gasteiger partial charge in [0.15, 0.2) is 0 Å². The molecule has 0 fully saturated rings. The molecule has 0 aliphatic heterocycles. The topological polar surface area (TPSA) is 57.8 Å². The number of aromatic amines is 1. The molecule has 0 saturated heterocycles. The molecule has 2 aromatic rings. The molecule has 0 aliphatic carbocycles. The number of aromatic nitrogens is 2. The van der Waals surface area contributed by atoms with Crippen molar-refractivity contribution in [1.82, 2.24) is 9.97 Å². The SMILES string of the molecule is Cc1ccc(F)cc1NC(=O)c1cnc(C(C)C)[nH]1. The van der Waals surface area contributed by atoms with Gasteiger partial charge in [-0.05, 0) is 24.6 Å². The van der Waals surface area contributed by atoms with Crippen molar-refractivity contribution in [2.75, 3.05) is 5.32 Å². The van der Waals surface area contributed by atoms with Crippen LogP contribution in [-0.4, -0.2) is 15.9 Å². The fourth-order valence-electron chi connectivity index (χ4n) is 1.66. The van der Waals surface area contributed by atoms with E-state index < -0.39 is 0 Å². The van der Waals surface area contributed by atoms with Crippen molar-refractivity contribution in [3.8, 4) is 0 Å². The zero-order chi connectivity index (χ0) is 14.0. The highest BCUT2D eigenvalue weighted by Crippen LogP contribution is 2.17. The standard InChI is InChI=1S/C14H16FN3O/c1-8(2)13-16-7-12(17-13)14(19)18-11-6-10(15)5-4-9(11)3/h4-8H,1-3H3,(H,16,17)(H,18,19). The van der Waals surface area contributed by atoms with Crippen molar-refractivity contribution < 1.29 is 9.18 Å². The molecule has 4 nitrogen and oxygen atoms in total. The van der Waals surface area contributed by atoms with Crippen LogP contribution in [0.4, 0.5) is 10.1 Å². The van der Waals surface area contributed by atoms with E-state index in [-0.39, 0.29) is 17.6 Å². The first kappa shape index (κ1) is 13.3. The van der Waals surface area contributed by atoms with E-state index in [4.69, 9.17) is 0 Å². The van der Waals surface area contributed by atoms with Crippen LogP contribution in [0.5, 0.6) is 0 Å². The second-order valence-corrected chi connectivity index (χ2v) is 4.75. The highest BCUT2D eigenvalue weighted by atomic mass is 19.1. The number of aryl methyl sites for hydroxylation is 1. The van der Waals surface area contributed by atoms with Gasteiger partial charge in [-0.15, -0.1) is 0 Å². The molecule has 0 bridgehead atoms. The minimum Gasteiger partial charge on any atom is -0.338 e. The maximum atomic E-state index is 13.1. The number of carbonyl (C=O) groups excluding carboxylic acids is 1. The number of hydrogen-bond acceptors (Lipinski definition) is 2. The van der Waals surface area contributed by atoms with Crippen molar-refractivity contribution in [3.63, 3.8) is 0 Å². The number of H-pyrrole nitrogens is 1. The van der Waals surface area contributed by atoms with Crippen molar-refractivity contribution in [2.45, 2.75) is 26.7 Å². The van der Waals surface area contributed by atoms with Gasteiger partial charge in [-0.2, -0.15) is 0 Å². The van der Waals surface area contributed by atoms with Crippen LogP contribution in [-0.2, 0) is 0 Å². The molecule has 1 amide bonds. The molecule has 0 aliphatic rings. The Morgan fingerprint density at radius 2 is 2.16 bits per heavy atom. The van der Waals surface area contributed by atoms with E-state index in [2.05, 4.69) is 15.3 Å². The number of nitrogens with one attached hydrogen (secondary N) is 2. The summed E-state index contributed by atoms with van der Waals surface area (Å²) in [6.07, 6.45) is 1.49. The molecule has 0 atom stereocenters. The normalized spacial score (nSPS) is 10.8. The van der Waals surface area contributed by atoms with Gasteiger partial charge in [-0.1, -0.05) is 19.9 Å². The van der Waals surface area contributed by atoms with Gasteiger partial charge in [0.05, 0.1) is 6.20 Å². The lowest BCUT2D eigenvalue weighted by atomic mass is 10.2. The van der Waals surface area contributed by atoms with E-state index in [0.717, 1.165) is 11.4 Å². The summed E-state index contributed by atoms with van der Waals surface area (Å²) in [6, 6.07) is 4.28. The number of anilines is 1. The molecule has 1 aromatic heterocycles. The van der Waals surface area contributed by atoms with E-state index in [1.807, 2.05) is 20.8 Å². The van der Waals surface area contributed by atoms with Crippen LogP contribution in [0.2, 0.25) is 0 Å². The summed E-state index contributed by atoms with van der Waals surface area (Å²) in [7, 11) is 0. The molecule has 1 aromatic carbocycles.